The monoisotopic (exact) mass is 550 g/mol. The Hall–Kier alpha value is -6.24. The van der Waals surface area contributed by atoms with Gasteiger partial charge >= 0.3 is 0 Å². The summed E-state index contributed by atoms with van der Waals surface area (Å²) in [6.07, 6.45) is 0. The van der Waals surface area contributed by atoms with Crippen molar-refractivity contribution in [3.05, 3.63) is 127 Å². The Morgan fingerprint density at radius 3 is 1.27 bits per heavy atom. The Morgan fingerprint density at radius 1 is 0.512 bits per heavy atom. The molecule has 13 heteroatoms. The van der Waals surface area contributed by atoms with Gasteiger partial charge in [0.2, 0.25) is 0 Å². The molecule has 4 amide bonds. The average molecular weight is 550 g/mol. The van der Waals surface area contributed by atoms with Crippen molar-refractivity contribution in [1.82, 2.24) is 0 Å². The smallest absolute Gasteiger partial charge is 0.293 e. The highest BCUT2D eigenvalue weighted by Gasteiger charge is 2.41. The van der Waals surface area contributed by atoms with Gasteiger partial charge in [-0.15, -0.1) is 0 Å². The minimum absolute atomic E-state index is 0.0235. The lowest BCUT2D eigenvalue weighted by Gasteiger charge is -2.13. The van der Waals surface area contributed by atoms with Crippen molar-refractivity contribution in [3.63, 3.8) is 0 Å². The van der Waals surface area contributed by atoms with E-state index in [1.165, 1.54) is 84.9 Å². The van der Waals surface area contributed by atoms with E-state index in [1.807, 2.05) is 0 Å². The molecule has 0 fully saturated rings. The molecule has 41 heavy (non-hydrogen) atoms. The molecular formula is C28H14N4O9. The average Bonchev–Trinajstić information content (AvgIpc) is 3.36. The standard InChI is InChI=1S/C28H14N4O9/c33-25-17-11-9-15(13-19(17)27(35)29(25)21-5-1-3-7-23(21)31(37)38)41-16-10-12-18-20(14-16)28(36)30(26(18)34)22-6-2-4-8-24(22)32(39)40/h1-14H. The van der Waals surface area contributed by atoms with E-state index in [2.05, 4.69) is 0 Å². The third-order valence-corrected chi connectivity index (χ3v) is 6.59. The van der Waals surface area contributed by atoms with Gasteiger partial charge in [0.25, 0.3) is 35.0 Å². The molecule has 0 aromatic heterocycles. The van der Waals surface area contributed by atoms with Crippen molar-refractivity contribution >= 4 is 46.4 Å². The first kappa shape index (κ1) is 25.1. The molecule has 4 aromatic carbocycles. The van der Waals surface area contributed by atoms with Gasteiger partial charge in [0.15, 0.2) is 0 Å². The van der Waals surface area contributed by atoms with Crippen LogP contribution in [0.15, 0.2) is 84.9 Å². The fourth-order valence-corrected chi connectivity index (χ4v) is 4.76. The van der Waals surface area contributed by atoms with Gasteiger partial charge in [-0.05, 0) is 48.5 Å². The number of para-hydroxylation sites is 4. The van der Waals surface area contributed by atoms with Gasteiger partial charge in [-0.25, -0.2) is 9.80 Å². The second kappa shape index (κ2) is 9.20. The van der Waals surface area contributed by atoms with Gasteiger partial charge in [-0.1, -0.05) is 24.3 Å². The molecule has 2 aliphatic heterocycles. The maximum Gasteiger partial charge on any atom is 0.293 e. The molecule has 0 aliphatic carbocycles. The van der Waals surface area contributed by atoms with Crippen LogP contribution in [0.3, 0.4) is 0 Å². The Morgan fingerprint density at radius 2 is 0.878 bits per heavy atom. The van der Waals surface area contributed by atoms with Crippen molar-refractivity contribution < 1.29 is 33.8 Å². The molecule has 2 aliphatic rings. The zero-order valence-corrected chi connectivity index (χ0v) is 20.5. The number of amides is 4. The first-order chi connectivity index (χ1) is 19.7. The summed E-state index contributed by atoms with van der Waals surface area (Å²) in [5, 5.41) is 22.9. The van der Waals surface area contributed by atoms with E-state index >= 15 is 0 Å². The van der Waals surface area contributed by atoms with Crippen LogP contribution in [0.2, 0.25) is 0 Å². The number of anilines is 2. The number of hydrogen-bond donors (Lipinski definition) is 0. The van der Waals surface area contributed by atoms with Crippen LogP contribution in [0.4, 0.5) is 22.7 Å². The van der Waals surface area contributed by atoms with Crippen LogP contribution in [-0.4, -0.2) is 33.5 Å². The van der Waals surface area contributed by atoms with Crippen LogP contribution >= 0.6 is 0 Å². The molecule has 13 nitrogen and oxygen atoms in total. The highest BCUT2D eigenvalue weighted by molar-refractivity contribution is 6.36. The summed E-state index contributed by atoms with van der Waals surface area (Å²) in [6, 6.07) is 18.8. The van der Waals surface area contributed by atoms with Crippen molar-refractivity contribution in [2.45, 2.75) is 0 Å². The Kier molecular flexibility index (Phi) is 5.62. The normalized spacial score (nSPS) is 13.9. The molecule has 6 rings (SSSR count). The SMILES string of the molecule is O=C1c2ccc(Oc3ccc4c(c3)C(=O)N(c3ccccc3[N+](=O)[O-])C4=O)cc2C(=O)N1c1ccccc1[N+](=O)[O-]. The molecule has 200 valence electrons. The summed E-state index contributed by atoms with van der Waals surface area (Å²) in [5.74, 6) is -2.80. The van der Waals surface area contributed by atoms with E-state index in [4.69, 9.17) is 4.74 Å². The second-order valence-electron chi connectivity index (χ2n) is 8.90. The Balaban J connectivity index is 1.30. The lowest BCUT2D eigenvalue weighted by atomic mass is 10.1. The quantitative estimate of drug-likeness (QED) is 0.184. The molecule has 4 aromatic rings. The van der Waals surface area contributed by atoms with Gasteiger partial charge in [-0.2, -0.15) is 0 Å². The summed E-state index contributed by atoms with van der Waals surface area (Å²) >= 11 is 0. The first-order valence-electron chi connectivity index (χ1n) is 11.9. The van der Waals surface area contributed by atoms with Gasteiger partial charge in [-0.3, -0.25) is 39.4 Å². The lowest BCUT2D eigenvalue weighted by Crippen LogP contribution is -2.29. The van der Waals surface area contributed by atoms with E-state index in [-0.39, 0.29) is 45.1 Å². The van der Waals surface area contributed by atoms with E-state index in [1.54, 1.807) is 0 Å². The fraction of sp³-hybridized carbons (Fsp3) is 0. The first-order valence-corrected chi connectivity index (χ1v) is 11.9. The van der Waals surface area contributed by atoms with Gasteiger partial charge in [0.05, 0.1) is 32.1 Å². The third kappa shape index (κ3) is 3.87. The molecule has 0 N–H and O–H groups in total. The maximum absolute atomic E-state index is 13.2. The molecule has 0 unspecified atom stereocenters. The topological polar surface area (TPSA) is 170 Å². The summed E-state index contributed by atoms with van der Waals surface area (Å²) in [5.41, 5.74) is -1.20. The second-order valence-corrected chi connectivity index (χ2v) is 8.90. The lowest BCUT2D eigenvalue weighted by molar-refractivity contribution is -0.384. The van der Waals surface area contributed by atoms with Crippen molar-refractivity contribution in [1.29, 1.82) is 0 Å². The highest BCUT2D eigenvalue weighted by Crippen LogP contribution is 2.38. The third-order valence-electron chi connectivity index (χ3n) is 6.59. The zero-order valence-electron chi connectivity index (χ0n) is 20.5. The molecule has 0 saturated carbocycles. The number of fused-ring (bicyclic) bond motifs is 2. The summed E-state index contributed by atoms with van der Waals surface area (Å²) in [4.78, 5) is 75.3. The van der Waals surface area contributed by atoms with Gasteiger partial charge in [0, 0.05) is 12.1 Å². The molecule has 0 bridgehead atoms. The molecule has 0 radical (unpaired) electrons. The van der Waals surface area contributed by atoms with Crippen LogP contribution < -0.4 is 14.5 Å². The number of ether oxygens (including phenoxy) is 1. The van der Waals surface area contributed by atoms with Crippen LogP contribution in [0.5, 0.6) is 11.5 Å². The largest absolute Gasteiger partial charge is 0.457 e. The Labute approximate surface area is 229 Å². The number of carbonyl (C=O) groups excluding carboxylic acids is 4. The number of hydrogen-bond acceptors (Lipinski definition) is 9. The number of nitro benzene ring substituents is 2. The van der Waals surface area contributed by atoms with E-state index in [9.17, 15) is 39.4 Å². The van der Waals surface area contributed by atoms with Gasteiger partial charge in [0.1, 0.15) is 22.9 Å². The predicted molar refractivity (Wildman–Crippen MR) is 141 cm³/mol. The number of benzene rings is 4. The van der Waals surface area contributed by atoms with Crippen LogP contribution in [0.25, 0.3) is 0 Å². The summed E-state index contributed by atoms with van der Waals surface area (Å²) < 4.78 is 5.82. The minimum Gasteiger partial charge on any atom is -0.457 e. The number of imide groups is 2. The zero-order chi connectivity index (χ0) is 29.0. The summed E-state index contributed by atoms with van der Waals surface area (Å²) in [6.45, 7) is 0. The molecule has 2 heterocycles. The number of carbonyl (C=O) groups is 4. The number of nitro groups is 2. The predicted octanol–water partition coefficient (Wildman–Crippen LogP) is 4.90. The highest BCUT2D eigenvalue weighted by atomic mass is 16.6. The molecule has 0 spiro atoms. The van der Waals surface area contributed by atoms with Crippen molar-refractivity contribution in [2.24, 2.45) is 0 Å². The molecule has 0 atom stereocenters. The van der Waals surface area contributed by atoms with Crippen LogP contribution in [-0.2, 0) is 0 Å². The maximum atomic E-state index is 13.2. The summed E-state index contributed by atoms with van der Waals surface area (Å²) in [7, 11) is 0. The van der Waals surface area contributed by atoms with Crippen molar-refractivity contribution in [3.8, 4) is 11.5 Å². The number of rotatable bonds is 6. The van der Waals surface area contributed by atoms with Gasteiger partial charge < -0.3 is 4.74 Å². The number of nitrogens with zero attached hydrogens (tertiary/aromatic N) is 4. The minimum atomic E-state index is -0.778. The molecular weight excluding hydrogens is 536 g/mol. The van der Waals surface area contributed by atoms with Crippen LogP contribution in [0, 0.1) is 20.2 Å². The van der Waals surface area contributed by atoms with E-state index in [0.717, 1.165) is 9.80 Å². The van der Waals surface area contributed by atoms with Crippen LogP contribution in [0.1, 0.15) is 41.4 Å². The fourth-order valence-electron chi connectivity index (χ4n) is 4.76. The molecule has 0 saturated heterocycles. The van der Waals surface area contributed by atoms with Crippen molar-refractivity contribution in [2.75, 3.05) is 9.80 Å². The van der Waals surface area contributed by atoms with E-state index < -0.39 is 44.9 Å². The van der Waals surface area contributed by atoms with E-state index in [0.29, 0.717) is 0 Å². The Bertz CT molecular complexity index is 1750.